The van der Waals surface area contributed by atoms with Gasteiger partial charge in [-0.1, -0.05) is 22.0 Å². The first kappa shape index (κ1) is 12.8. The minimum atomic E-state index is -0.548. The van der Waals surface area contributed by atoms with E-state index in [1.807, 2.05) is 0 Å². The average molecular weight is 313 g/mol. The third-order valence-corrected chi connectivity index (χ3v) is 3.04. The molecule has 0 saturated heterocycles. The number of hydrogen-bond acceptors (Lipinski definition) is 2. The Hall–Kier alpha value is -1.69. The lowest BCUT2D eigenvalue weighted by Gasteiger charge is -2.07. The molecule has 0 fully saturated rings. The Morgan fingerprint density at radius 1 is 1.39 bits per heavy atom. The van der Waals surface area contributed by atoms with Crippen molar-refractivity contribution in [3.8, 4) is 0 Å². The largest absolute Gasteiger partial charge is 0.328 e. The van der Waals surface area contributed by atoms with Crippen LogP contribution in [0.3, 0.4) is 0 Å². The number of aromatic amines is 1. The number of aryl methyl sites for hydroxylation is 1. The summed E-state index contributed by atoms with van der Waals surface area (Å²) >= 11 is 3.16. The Labute approximate surface area is 110 Å². The summed E-state index contributed by atoms with van der Waals surface area (Å²) in [5, 5.41) is 0. The molecular weight excluding hydrogens is 303 g/mol. The van der Waals surface area contributed by atoms with Crippen LogP contribution >= 0.6 is 15.9 Å². The molecule has 0 spiro atoms. The van der Waals surface area contributed by atoms with Gasteiger partial charge in [-0.15, -0.1) is 0 Å². The molecule has 0 aliphatic heterocycles. The summed E-state index contributed by atoms with van der Waals surface area (Å²) < 4.78 is 15.5. The van der Waals surface area contributed by atoms with Crippen LogP contribution in [0, 0.1) is 12.7 Å². The molecule has 4 nitrogen and oxygen atoms in total. The van der Waals surface area contributed by atoms with Crippen LogP contribution in [0.4, 0.5) is 4.39 Å². The van der Waals surface area contributed by atoms with Crippen LogP contribution in [0.1, 0.15) is 11.1 Å². The molecule has 6 heteroatoms. The molecule has 94 valence electrons. The molecular formula is C12H10BrFN2O2. The highest BCUT2D eigenvalue weighted by molar-refractivity contribution is 9.10. The molecule has 2 rings (SSSR count). The predicted octanol–water partition coefficient (Wildman–Crippen LogP) is 1.79. The molecule has 0 aliphatic carbocycles. The molecule has 2 aromatic rings. The summed E-state index contributed by atoms with van der Waals surface area (Å²) in [7, 11) is 0. The summed E-state index contributed by atoms with van der Waals surface area (Å²) in [6.07, 6.45) is 1.42. The molecule has 1 aromatic carbocycles. The van der Waals surface area contributed by atoms with E-state index in [0.717, 1.165) is 0 Å². The maximum atomic E-state index is 13.6. The van der Waals surface area contributed by atoms with Crippen LogP contribution in [0.25, 0.3) is 0 Å². The van der Waals surface area contributed by atoms with E-state index < -0.39 is 17.1 Å². The fourth-order valence-electron chi connectivity index (χ4n) is 1.57. The second-order valence-corrected chi connectivity index (χ2v) is 4.85. The van der Waals surface area contributed by atoms with E-state index in [9.17, 15) is 14.0 Å². The molecule has 0 saturated carbocycles. The van der Waals surface area contributed by atoms with Crippen LogP contribution < -0.4 is 11.2 Å². The van der Waals surface area contributed by atoms with Gasteiger partial charge in [0.2, 0.25) is 0 Å². The Morgan fingerprint density at radius 2 is 2.11 bits per heavy atom. The van der Waals surface area contributed by atoms with Crippen molar-refractivity contribution >= 4 is 15.9 Å². The first-order valence-electron chi connectivity index (χ1n) is 5.21. The van der Waals surface area contributed by atoms with Gasteiger partial charge in [0.1, 0.15) is 5.82 Å². The van der Waals surface area contributed by atoms with Crippen LogP contribution in [-0.2, 0) is 6.54 Å². The fourth-order valence-corrected chi connectivity index (χ4v) is 1.90. The zero-order valence-electron chi connectivity index (χ0n) is 9.54. The molecule has 18 heavy (non-hydrogen) atoms. The fraction of sp³-hybridized carbons (Fsp3) is 0.167. The molecule has 1 aromatic heterocycles. The van der Waals surface area contributed by atoms with Gasteiger partial charge in [-0.2, -0.15) is 0 Å². The van der Waals surface area contributed by atoms with Gasteiger partial charge in [0.05, 0.1) is 6.54 Å². The van der Waals surface area contributed by atoms with Crippen molar-refractivity contribution in [1.29, 1.82) is 0 Å². The van der Waals surface area contributed by atoms with Crippen LogP contribution in [0.2, 0.25) is 0 Å². The summed E-state index contributed by atoms with van der Waals surface area (Å²) in [6.45, 7) is 1.67. The molecule has 0 unspecified atom stereocenters. The molecule has 0 bridgehead atoms. The van der Waals surface area contributed by atoms with Crippen LogP contribution in [0.15, 0.2) is 38.5 Å². The summed E-state index contributed by atoms with van der Waals surface area (Å²) in [5.41, 5.74) is -0.181. The Bertz CT molecular complexity index is 706. The van der Waals surface area contributed by atoms with E-state index in [4.69, 9.17) is 0 Å². The van der Waals surface area contributed by atoms with Gasteiger partial charge in [0, 0.05) is 21.8 Å². The van der Waals surface area contributed by atoms with Gasteiger partial charge in [0.25, 0.3) is 5.56 Å². The van der Waals surface area contributed by atoms with Crippen molar-refractivity contribution in [3.05, 3.63) is 66.7 Å². The molecule has 0 amide bonds. The van der Waals surface area contributed by atoms with E-state index in [1.54, 1.807) is 19.1 Å². The third-order valence-electron chi connectivity index (χ3n) is 2.54. The van der Waals surface area contributed by atoms with Crippen molar-refractivity contribution in [2.45, 2.75) is 13.5 Å². The highest BCUT2D eigenvalue weighted by atomic mass is 79.9. The van der Waals surface area contributed by atoms with Gasteiger partial charge in [-0.05, 0) is 19.1 Å². The van der Waals surface area contributed by atoms with E-state index in [1.165, 1.54) is 16.8 Å². The average Bonchev–Trinajstić information content (AvgIpc) is 2.29. The third kappa shape index (κ3) is 2.59. The zero-order valence-corrected chi connectivity index (χ0v) is 11.1. The number of H-pyrrole nitrogens is 1. The minimum Gasteiger partial charge on any atom is -0.296 e. The summed E-state index contributed by atoms with van der Waals surface area (Å²) in [5.74, 6) is -0.403. The lowest BCUT2D eigenvalue weighted by molar-refractivity contribution is 0.591. The Balaban J connectivity index is 2.43. The van der Waals surface area contributed by atoms with E-state index in [2.05, 4.69) is 20.9 Å². The second kappa shape index (κ2) is 4.89. The quantitative estimate of drug-likeness (QED) is 0.919. The van der Waals surface area contributed by atoms with E-state index >= 15 is 0 Å². The number of aromatic nitrogens is 2. The van der Waals surface area contributed by atoms with Crippen molar-refractivity contribution < 1.29 is 4.39 Å². The molecule has 0 atom stereocenters. The maximum absolute atomic E-state index is 13.6. The topological polar surface area (TPSA) is 54.9 Å². The molecule has 0 aliphatic rings. The van der Waals surface area contributed by atoms with Gasteiger partial charge >= 0.3 is 5.69 Å². The monoisotopic (exact) mass is 312 g/mol. The zero-order chi connectivity index (χ0) is 13.3. The lowest BCUT2D eigenvalue weighted by Crippen LogP contribution is -2.31. The van der Waals surface area contributed by atoms with Gasteiger partial charge < -0.3 is 0 Å². The van der Waals surface area contributed by atoms with Crippen molar-refractivity contribution in [1.82, 2.24) is 9.55 Å². The van der Waals surface area contributed by atoms with E-state index in [0.29, 0.717) is 15.6 Å². The lowest BCUT2D eigenvalue weighted by atomic mass is 10.2. The van der Waals surface area contributed by atoms with Crippen molar-refractivity contribution in [2.75, 3.05) is 0 Å². The number of rotatable bonds is 2. The number of nitrogens with one attached hydrogen (secondary N) is 1. The number of nitrogens with zero attached hydrogens (tertiary/aromatic N) is 1. The summed E-state index contributed by atoms with van der Waals surface area (Å²) in [4.78, 5) is 24.9. The number of hydrogen-bond donors (Lipinski definition) is 1. The highest BCUT2D eigenvalue weighted by Crippen LogP contribution is 2.15. The smallest absolute Gasteiger partial charge is 0.296 e. The molecule has 1 N–H and O–H groups in total. The minimum absolute atomic E-state index is 0.0789. The van der Waals surface area contributed by atoms with Gasteiger partial charge in [-0.25, -0.2) is 9.18 Å². The van der Waals surface area contributed by atoms with Gasteiger partial charge in [0.15, 0.2) is 0 Å². The second-order valence-electron chi connectivity index (χ2n) is 3.94. The van der Waals surface area contributed by atoms with Crippen molar-refractivity contribution in [3.63, 3.8) is 0 Å². The molecule has 0 radical (unpaired) electrons. The predicted molar refractivity (Wildman–Crippen MR) is 69.3 cm³/mol. The maximum Gasteiger partial charge on any atom is 0.328 e. The standard InChI is InChI=1S/C12H10BrFN2O2/c1-7-5-16(12(18)15-11(7)17)6-8-2-3-9(13)4-10(8)14/h2-5H,6H2,1H3,(H,15,17,18). The number of halogens is 2. The van der Waals surface area contributed by atoms with Crippen LogP contribution in [0.5, 0.6) is 0 Å². The highest BCUT2D eigenvalue weighted by Gasteiger charge is 2.06. The first-order valence-corrected chi connectivity index (χ1v) is 6.01. The normalized spacial score (nSPS) is 10.6. The van der Waals surface area contributed by atoms with E-state index in [-0.39, 0.29) is 6.54 Å². The Kier molecular flexibility index (Phi) is 3.47. The SMILES string of the molecule is Cc1cn(Cc2ccc(Br)cc2F)c(=O)[nH]c1=O. The first-order chi connectivity index (χ1) is 8.47. The molecule has 1 heterocycles. The van der Waals surface area contributed by atoms with Crippen LogP contribution in [-0.4, -0.2) is 9.55 Å². The van der Waals surface area contributed by atoms with Crippen molar-refractivity contribution in [2.24, 2.45) is 0 Å². The Morgan fingerprint density at radius 3 is 2.78 bits per heavy atom. The number of benzene rings is 1. The van der Waals surface area contributed by atoms with Gasteiger partial charge in [-0.3, -0.25) is 14.3 Å². The summed E-state index contributed by atoms with van der Waals surface area (Å²) in [6, 6.07) is 4.62.